The van der Waals surface area contributed by atoms with Crippen molar-refractivity contribution in [2.75, 3.05) is 19.4 Å². The number of hydrogen-bond acceptors (Lipinski definition) is 3. The van der Waals surface area contributed by atoms with Gasteiger partial charge >= 0.3 is 0 Å². The highest BCUT2D eigenvalue weighted by Crippen LogP contribution is 2.24. The molecule has 0 heterocycles. The molecular formula is C16H17BrN2O3S. The zero-order chi connectivity index (χ0) is 17.2. The van der Waals surface area contributed by atoms with Crippen LogP contribution < -0.4 is 5.32 Å². The van der Waals surface area contributed by atoms with Crippen LogP contribution in [0.3, 0.4) is 0 Å². The Morgan fingerprint density at radius 3 is 2.43 bits per heavy atom. The first-order valence-electron chi connectivity index (χ1n) is 6.82. The van der Waals surface area contributed by atoms with E-state index in [1.165, 1.54) is 26.2 Å². The van der Waals surface area contributed by atoms with E-state index in [2.05, 4.69) is 21.2 Å². The summed E-state index contributed by atoms with van der Waals surface area (Å²) < 4.78 is 26.2. The van der Waals surface area contributed by atoms with E-state index >= 15 is 0 Å². The Balaban J connectivity index is 2.30. The van der Waals surface area contributed by atoms with Crippen LogP contribution in [0, 0.1) is 6.92 Å². The van der Waals surface area contributed by atoms with E-state index in [4.69, 9.17) is 0 Å². The standard InChI is InChI=1S/C16H17BrN2O3S/c1-11-7-8-15(14(17)9-11)18-16(20)12-5-4-6-13(10-12)23(21,22)19(2)3/h4-10H,1-3H3,(H,18,20). The number of aryl methyl sites for hydroxylation is 1. The second kappa shape index (κ2) is 6.82. The van der Waals surface area contributed by atoms with Gasteiger partial charge in [-0.1, -0.05) is 12.1 Å². The number of halogens is 1. The molecule has 0 bridgehead atoms. The number of benzene rings is 2. The number of nitrogens with zero attached hydrogens (tertiary/aromatic N) is 1. The quantitative estimate of drug-likeness (QED) is 0.861. The fourth-order valence-electron chi connectivity index (χ4n) is 1.92. The van der Waals surface area contributed by atoms with E-state index in [1.54, 1.807) is 18.2 Å². The minimum Gasteiger partial charge on any atom is -0.321 e. The van der Waals surface area contributed by atoms with Gasteiger partial charge in [-0.25, -0.2) is 12.7 Å². The summed E-state index contributed by atoms with van der Waals surface area (Å²) in [6.45, 7) is 1.95. The zero-order valence-electron chi connectivity index (χ0n) is 13.0. The maximum absolute atomic E-state index is 12.4. The lowest BCUT2D eigenvalue weighted by Gasteiger charge is -2.12. The maximum atomic E-state index is 12.4. The lowest BCUT2D eigenvalue weighted by atomic mass is 10.2. The second-order valence-electron chi connectivity index (χ2n) is 5.25. The molecule has 0 fully saturated rings. The molecule has 2 aromatic rings. The second-order valence-corrected chi connectivity index (χ2v) is 8.26. The molecule has 0 aliphatic carbocycles. The first-order chi connectivity index (χ1) is 10.7. The maximum Gasteiger partial charge on any atom is 0.255 e. The molecule has 1 N–H and O–H groups in total. The van der Waals surface area contributed by atoms with E-state index in [1.807, 2.05) is 19.1 Å². The molecule has 0 saturated carbocycles. The average molecular weight is 397 g/mol. The van der Waals surface area contributed by atoms with Crippen molar-refractivity contribution in [3.8, 4) is 0 Å². The summed E-state index contributed by atoms with van der Waals surface area (Å²) in [5.41, 5.74) is 1.97. The number of nitrogens with one attached hydrogen (secondary N) is 1. The topological polar surface area (TPSA) is 66.5 Å². The van der Waals surface area contributed by atoms with Crippen molar-refractivity contribution in [2.45, 2.75) is 11.8 Å². The van der Waals surface area contributed by atoms with Gasteiger partial charge in [0.05, 0.1) is 10.6 Å². The van der Waals surface area contributed by atoms with Crippen LogP contribution in [-0.2, 0) is 10.0 Å². The summed E-state index contributed by atoms with van der Waals surface area (Å²) in [5, 5.41) is 2.77. The van der Waals surface area contributed by atoms with Crippen molar-refractivity contribution in [1.29, 1.82) is 0 Å². The van der Waals surface area contributed by atoms with Gasteiger partial charge in [-0.05, 0) is 58.7 Å². The lowest BCUT2D eigenvalue weighted by Crippen LogP contribution is -2.22. The third-order valence-corrected chi connectivity index (χ3v) is 5.71. The highest BCUT2D eigenvalue weighted by Gasteiger charge is 2.19. The largest absolute Gasteiger partial charge is 0.321 e. The Labute approximate surface area is 144 Å². The zero-order valence-corrected chi connectivity index (χ0v) is 15.4. The molecule has 7 heteroatoms. The lowest BCUT2D eigenvalue weighted by molar-refractivity contribution is 0.102. The molecule has 1 amide bonds. The van der Waals surface area contributed by atoms with Crippen LogP contribution in [0.5, 0.6) is 0 Å². The summed E-state index contributed by atoms with van der Waals surface area (Å²) in [4.78, 5) is 12.4. The van der Waals surface area contributed by atoms with Crippen molar-refractivity contribution in [3.63, 3.8) is 0 Å². The number of amides is 1. The van der Waals surface area contributed by atoms with Crippen molar-refractivity contribution >= 4 is 37.5 Å². The van der Waals surface area contributed by atoms with E-state index in [0.29, 0.717) is 5.69 Å². The Bertz CT molecular complexity index is 848. The fourth-order valence-corrected chi connectivity index (χ4v) is 3.47. The normalized spacial score (nSPS) is 11.5. The number of hydrogen-bond donors (Lipinski definition) is 1. The van der Waals surface area contributed by atoms with Crippen LogP contribution in [0.4, 0.5) is 5.69 Å². The fraction of sp³-hybridized carbons (Fsp3) is 0.188. The molecule has 0 aromatic heterocycles. The molecule has 0 aliphatic rings. The summed E-state index contributed by atoms with van der Waals surface area (Å²) in [5.74, 6) is -0.370. The predicted octanol–water partition coefficient (Wildman–Crippen LogP) is 3.26. The van der Waals surface area contributed by atoms with Crippen molar-refractivity contribution in [1.82, 2.24) is 4.31 Å². The van der Waals surface area contributed by atoms with Gasteiger partial charge in [0.2, 0.25) is 10.0 Å². The highest BCUT2D eigenvalue weighted by molar-refractivity contribution is 9.10. The molecule has 0 unspecified atom stereocenters. The predicted molar refractivity (Wildman–Crippen MR) is 94.1 cm³/mol. The molecule has 0 spiro atoms. The molecular weight excluding hydrogens is 380 g/mol. The first kappa shape index (κ1) is 17.7. The van der Waals surface area contributed by atoms with Crippen LogP contribution in [0.1, 0.15) is 15.9 Å². The van der Waals surface area contributed by atoms with Crippen LogP contribution >= 0.6 is 15.9 Å². The number of sulfonamides is 1. The summed E-state index contributed by atoms with van der Waals surface area (Å²) in [6, 6.07) is 11.5. The van der Waals surface area contributed by atoms with Gasteiger partial charge in [-0.2, -0.15) is 0 Å². The SMILES string of the molecule is Cc1ccc(NC(=O)c2cccc(S(=O)(=O)N(C)C)c2)c(Br)c1. The minimum atomic E-state index is -3.58. The highest BCUT2D eigenvalue weighted by atomic mass is 79.9. The summed E-state index contributed by atoms with van der Waals surface area (Å²) >= 11 is 3.40. The molecule has 0 atom stereocenters. The molecule has 122 valence electrons. The third kappa shape index (κ3) is 3.99. The van der Waals surface area contributed by atoms with Gasteiger partial charge in [0, 0.05) is 24.1 Å². The Morgan fingerprint density at radius 1 is 1.13 bits per heavy atom. The molecule has 0 saturated heterocycles. The van der Waals surface area contributed by atoms with Gasteiger partial charge in [-0.3, -0.25) is 4.79 Å². The average Bonchev–Trinajstić information content (AvgIpc) is 2.50. The molecule has 0 aliphatic heterocycles. The smallest absolute Gasteiger partial charge is 0.255 e. The monoisotopic (exact) mass is 396 g/mol. The molecule has 5 nitrogen and oxygen atoms in total. The Hall–Kier alpha value is -1.70. The van der Waals surface area contributed by atoms with Gasteiger partial charge in [0.1, 0.15) is 0 Å². The van der Waals surface area contributed by atoms with E-state index in [0.717, 1.165) is 14.3 Å². The van der Waals surface area contributed by atoms with Crippen molar-refractivity contribution in [2.24, 2.45) is 0 Å². The van der Waals surface area contributed by atoms with Gasteiger partial charge in [0.25, 0.3) is 5.91 Å². The number of rotatable bonds is 4. The van der Waals surface area contributed by atoms with E-state index in [-0.39, 0.29) is 16.4 Å². The van der Waals surface area contributed by atoms with Crippen LogP contribution in [0.25, 0.3) is 0 Å². The minimum absolute atomic E-state index is 0.0816. The molecule has 2 rings (SSSR count). The number of anilines is 1. The van der Waals surface area contributed by atoms with Crippen molar-refractivity contribution in [3.05, 3.63) is 58.1 Å². The number of carbonyl (C=O) groups excluding carboxylic acids is 1. The Morgan fingerprint density at radius 2 is 1.83 bits per heavy atom. The van der Waals surface area contributed by atoms with Crippen LogP contribution in [-0.4, -0.2) is 32.7 Å². The summed E-state index contributed by atoms with van der Waals surface area (Å²) in [7, 11) is -0.676. The van der Waals surface area contributed by atoms with Crippen LogP contribution in [0.2, 0.25) is 0 Å². The van der Waals surface area contributed by atoms with E-state index < -0.39 is 10.0 Å². The van der Waals surface area contributed by atoms with Gasteiger partial charge in [-0.15, -0.1) is 0 Å². The van der Waals surface area contributed by atoms with Gasteiger partial charge in [0.15, 0.2) is 0 Å². The molecule has 23 heavy (non-hydrogen) atoms. The summed E-state index contributed by atoms with van der Waals surface area (Å²) in [6.07, 6.45) is 0. The van der Waals surface area contributed by atoms with Crippen LogP contribution in [0.15, 0.2) is 51.8 Å². The van der Waals surface area contributed by atoms with Gasteiger partial charge < -0.3 is 5.32 Å². The molecule has 0 radical (unpaired) electrons. The Kier molecular flexibility index (Phi) is 5.23. The third-order valence-electron chi connectivity index (χ3n) is 3.25. The molecule has 2 aromatic carbocycles. The van der Waals surface area contributed by atoms with Crippen molar-refractivity contribution < 1.29 is 13.2 Å². The number of carbonyl (C=O) groups is 1. The first-order valence-corrected chi connectivity index (χ1v) is 9.05. The van der Waals surface area contributed by atoms with E-state index in [9.17, 15) is 13.2 Å².